The molecule has 1 aromatic rings. The lowest BCUT2D eigenvalue weighted by molar-refractivity contribution is -0.150. The van der Waals surface area contributed by atoms with Gasteiger partial charge in [0.1, 0.15) is 0 Å². The van der Waals surface area contributed by atoms with E-state index in [1.807, 2.05) is 30.3 Å². The van der Waals surface area contributed by atoms with E-state index >= 15 is 0 Å². The average molecular weight is 264 g/mol. The van der Waals surface area contributed by atoms with Crippen molar-refractivity contribution in [2.75, 3.05) is 20.2 Å². The van der Waals surface area contributed by atoms with Crippen LogP contribution >= 0.6 is 0 Å². The molecule has 5 nitrogen and oxygen atoms in total. The van der Waals surface area contributed by atoms with Gasteiger partial charge in [-0.05, 0) is 18.9 Å². The number of hydrogen-bond donors (Lipinski definition) is 1. The summed E-state index contributed by atoms with van der Waals surface area (Å²) in [5.74, 6) is -1.10. The van der Waals surface area contributed by atoms with Gasteiger partial charge in [-0.25, -0.2) is 4.79 Å². The molecule has 0 bridgehead atoms. The van der Waals surface area contributed by atoms with Crippen LogP contribution in [0, 0.1) is 0 Å². The van der Waals surface area contributed by atoms with Gasteiger partial charge in [-0.1, -0.05) is 30.3 Å². The number of carbonyl (C=O) groups is 2. The summed E-state index contributed by atoms with van der Waals surface area (Å²) < 4.78 is 4.73. The molecule has 1 unspecified atom stereocenters. The van der Waals surface area contributed by atoms with Gasteiger partial charge in [0.05, 0.1) is 6.61 Å². The van der Waals surface area contributed by atoms with Crippen molar-refractivity contribution in [3.05, 3.63) is 35.9 Å². The predicted molar refractivity (Wildman–Crippen MR) is 72.4 cm³/mol. The van der Waals surface area contributed by atoms with Crippen LogP contribution in [-0.4, -0.2) is 43.0 Å². The van der Waals surface area contributed by atoms with Crippen molar-refractivity contribution < 1.29 is 14.3 Å². The first-order valence-electron chi connectivity index (χ1n) is 6.27. The molecule has 5 heteroatoms. The van der Waals surface area contributed by atoms with Gasteiger partial charge in [0.15, 0.2) is 6.04 Å². The van der Waals surface area contributed by atoms with Crippen molar-refractivity contribution in [3.63, 3.8) is 0 Å². The zero-order valence-electron chi connectivity index (χ0n) is 11.3. The third-order valence-corrected chi connectivity index (χ3v) is 2.76. The molecule has 1 aromatic carbocycles. The van der Waals surface area contributed by atoms with Crippen LogP contribution in [0.4, 0.5) is 0 Å². The van der Waals surface area contributed by atoms with E-state index < -0.39 is 17.9 Å². The Morgan fingerprint density at radius 3 is 2.53 bits per heavy atom. The van der Waals surface area contributed by atoms with E-state index in [0.29, 0.717) is 6.54 Å². The summed E-state index contributed by atoms with van der Waals surface area (Å²) in [6.45, 7) is 2.40. The second-order valence-electron chi connectivity index (χ2n) is 4.23. The van der Waals surface area contributed by atoms with Crippen LogP contribution in [0.5, 0.6) is 0 Å². The number of nitrogens with two attached hydrogens (primary N) is 1. The topological polar surface area (TPSA) is 72.6 Å². The molecule has 0 radical (unpaired) electrons. The van der Waals surface area contributed by atoms with Gasteiger partial charge >= 0.3 is 5.97 Å². The first kappa shape index (κ1) is 15.2. The van der Waals surface area contributed by atoms with Crippen molar-refractivity contribution in [3.8, 4) is 0 Å². The number of ether oxygens (including phenoxy) is 1. The highest BCUT2D eigenvalue weighted by Crippen LogP contribution is 2.02. The Morgan fingerprint density at radius 1 is 1.32 bits per heavy atom. The Hall–Kier alpha value is -1.88. The largest absolute Gasteiger partial charge is 0.464 e. The molecule has 0 aliphatic rings. The van der Waals surface area contributed by atoms with E-state index in [9.17, 15) is 9.59 Å². The highest BCUT2D eigenvalue weighted by molar-refractivity contribution is 6.01. The molecule has 0 aliphatic carbocycles. The van der Waals surface area contributed by atoms with Crippen molar-refractivity contribution in [1.82, 2.24) is 4.90 Å². The van der Waals surface area contributed by atoms with Crippen LogP contribution in [-0.2, 0) is 20.7 Å². The molecule has 19 heavy (non-hydrogen) atoms. The lowest BCUT2D eigenvalue weighted by Gasteiger charge is -2.20. The maximum atomic E-state index is 11.9. The first-order chi connectivity index (χ1) is 9.06. The van der Waals surface area contributed by atoms with Gasteiger partial charge in [-0.15, -0.1) is 0 Å². The van der Waals surface area contributed by atoms with E-state index in [2.05, 4.69) is 0 Å². The van der Waals surface area contributed by atoms with E-state index in [1.165, 1.54) is 4.90 Å². The number of rotatable bonds is 6. The zero-order valence-corrected chi connectivity index (χ0v) is 11.3. The number of likely N-dealkylation sites (N-methyl/N-ethyl adjacent to an activating group) is 1. The maximum Gasteiger partial charge on any atom is 0.332 e. The fourth-order valence-corrected chi connectivity index (χ4v) is 1.62. The molecular weight excluding hydrogens is 244 g/mol. The monoisotopic (exact) mass is 264 g/mol. The molecular formula is C14H20N2O3. The van der Waals surface area contributed by atoms with E-state index in [1.54, 1.807) is 14.0 Å². The summed E-state index contributed by atoms with van der Waals surface area (Å²) >= 11 is 0. The summed E-state index contributed by atoms with van der Waals surface area (Å²) in [6, 6.07) is 8.58. The predicted octanol–water partition coefficient (Wildman–Crippen LogP) is 0.578. The van der Waals surface area contributed by atoms with Crippen molar-refractivity contribution in [2.24, 2.45) is 5.73 Å². The van der Waals surface area contributed by atoms with Crippen LogP contribution in [0.25, 0.3) is 0 Å². The normalized spacial score (nSPS) is 11.7. The Balaban J connectivity index is 2.46. The third kappa shape index (κ3) is 4.71. The summed E-state index contributed by atoms with van der Waals surface area (Å²) in [4.78, 5) is 24.7. The van der Waals surface area contributed by atoms with Crippen LogP contribution in [0.15, 0.2) is 30.3 Å². The van der Waals surface area contributed by atoms with Crippen LogP contribution in [0.3, 0.4) is 0 Å². The Labute approximate surface area is 113 Å². The van der Waals surface area contributed by atoms with Crippen LogP contribution < -0.4 is 5.73 Å². The van der Waals surface area contributed by atoms with Crippen molar-refractivity contribution in [1.29, 1.82) is 0 Å². The molecule has 0 saturated carbocycles. The third-order valence-electron chi connectivity index (χ3n) is 2.76. The molecule has 0 saturated heterocycles. The second-order valence-corrected chi connectivity index (χ2v) is 4.23. The molecule has 0 aliphatic heterocycles. The smallest absolute Gasteiger partial charge is 0.332 e. The summed E-state index contributed by atoms with van der Waals surface area (Å²) in [5.41, 5.74) is 6.68. The molecule has 0 fully saturated rings. The quantitative estimate of drug-likeness (QED) is 0.602. The number of nitrogens with zero attached hydrogens (tertiary/aromatic N) is 1. The number of esters is 1. The minimum absolute atomic E-state index is 0.216. The van der Waals surface area contributed by atoms with Gasteiger partial charge in [0.2, 0.25) is 0 Å². The molecule has 1 atom stereocenters. The van der Waals surface area contributed by atoms with Crippen LogP contribution in [0.1, 0.15) is 12.5 Å². The summed E-state index contributed by atoms with van der Waals surface area (Å²) in [6.07, 6.45) is 0.721. The van der Waals surface area contributed by atoms with Gasteiger partial charge in [-0.2, -0.15) is 0 Å². The molecule has 0 aromatic heterocycles. The van der Waals surface area contributed by atoms with Crippen LogP contribution in [0.2, 0.25) is 0 Å². The molecule has 104 valence electrons. The number of hydrogen-bond acceptors (Lipinski definition) is 4. The highest BCUT2D eigenvalue weighted by atomic mass is 16.5. The first-order valence-corrected chi connectivity index (χ1v) is 6.27. The maximum absolute atomic E-state index is 11.9. The highest BCUT2D eigenvalue weighted by Gasteiger charge is 2.26. The van der Waals surface area contributed by atoms with Crippen molar-refractivity contribution in [2.45, 2.75) is 19.4 Å². The minimum atomic E-state index is -1.24. The molecule has 0 spiro atoms. The number of amides is 1. The van der Waals surface area contributed by atoms with Gasteiger partial charge in [0.25, 0.3) is 5.91 Å². The lowest BCUT2D eigenvalue weighted by Crippen LogP contribution is -2.48. The summed E-state index contributed by atoms with van der Waals surface area (Å²) in [5, 5.41) is 0. The van der Waals surface area contributed by atoms with E-state index in [0.717, 1.165) is 12.0 Å². The summed E-state index contributed by atoms with van der Waals surface area (Å²) in [7, 11) is 1.63. The Morgan fingerprint density at radius 2 is 1.95 bits per heavy atom. The zero-order chi connectivity index (χ0) is 14.3. The number of benzene rings is 1. The molecule has 1 amide bonds. The average Bonchev–Trinajstić information content (AvgIpc) is 2.44. The molecule has 1 rings (SSSR count). The van der Waals surface area contributed by atoms with E-state index in [-0.39, 0.29) is 6.61 Å². The SMILES string of the molecule is CCOC(=O)C(N)C(=O)N(C)CCc1ccccc1. The van der Waals surface area contributed by atoms with Gasteiger partial charge in [0, 0.05) is 13.6 Å². The van der Waals surface area contributed by atoms with Crippen molar-refractivity contribution >= 4 is 11.9 Å². The van der Waals surface area contributed by atoms with Gasteiger partial charge in [-0.3, -0.25) is 4.79 Å². The molecule has 0 heterocycles. The fourth-order valence-electron chi connectivity index (χ4n) is 1.62. The standard InChI is InChI=1S/C14H20N2O3/c1-3-19-14(18)12(15)13(17)16(2)10-9-11-7-5-4-6-8-11/h4-8,12H,3,9-10,15H2,1-2H3. The number of carbonyl (C=O) groups excluding carboxylic acids is 2. The molecule has 2 N–H and O–H groups in total. The fraction of sp³-hybridized carbons (Fsp3) is 0.429. The Kier molecular flexibility index (Phi) is 6.02. The minimum Gasteiger partial charge on any atom is -0.464 e. The Bertz CT molecular complexity index is 420. The second kappa shape index (κ2) is 7.53. The lowest BCUT2D eigenvalue weighted by atomic mass is 10.1. The van der Waals surface area contributed by atoms with Gasteiger partial charge < -0.3 is 15.4 Å². The van der Waals surface area contributed by atoms with E-state index in [4.69, 9.17) is 10.5 Å².